The molecule has 1 aliphatic carbocycles. The number of carbonyl (C=O) groups excluding carboxylic acids is 2. The number of hydrogen-bond acceptors (Lipinski definition) is 3. The molecule has 45 heavy (non-hydrogen) atoms. The summed E-state index contributed by atoms with van der Waals surface area (Å²) in [5, 5.41) is 14.4. The first-order valence-corrected chi connectivity index (χ1v) is 16.1. The van der Waals surface area contributed by atoms with Gasteiger partial charge < -0.3 is 5.11 Å². The van der Waals surface area contributed by atoms with E-state index in [0.29, 0.717) is 37.9 Å². The van der Waals surface area contributed by atoms with Crippen LogP contribution in [0.3, 0.4) is 0 Å². The molecule has 5 aromatic carbocycles. The Morgan fingerprint density at radius 2 is 0.978 bits per heavy atom. The van der Waals surface area contributed by atoms with Crippen LogP contribution in [0, 0.1) is 11.8 Å². The fourth-order valence-electron chi connectivity index (χ4n) is 6.99. The van der Waals surface area contributed by atoms with Crippen LogP contribution in [-0.4, -0.2) is 16.7 Å². The summed E-state index contributed by atoms with van der Waals surface area (Å²) in [5.41, 5.74) is 0.494. The highest BCUT2D eigenvalue weighted by Gasteiger charge is 2.59. The summed E-state index contributed by atoms with van der Waals surface area (Å²) in [6, 6.07) is 37.0. The molecule has 1 saturated carbocycles. The number of carbonyl (C=O) groups is 2. The number of hydrogen-bond donors (Lipinski definition) is 1. The summed E-state index contributed by atoms with van der Waals surface area (Å²) in [4.78, 5) is 29.8. The maximum absolute atomic E-state index is 14.9. The molecule has 5 atom stereocenters. The van der Waals surface area contributed by atoms with Gasteiger partial charge in [-0.2, -0.15) is 0 Å². The lowest BCUT2D eigenvalue weighted by molar-refractivity contribution is -0.0690. The standard InChI is InChI=1S/C38H28Cl4O3/c39-27-18-10-19-28(40)31(27)26-22-38(45,25-16-8-3-9-17-25)35(37(44)24-14-6-2-7-15-24)34(33-29(41)20-11-21-30(33)42)32(26)36(43)23-12-4-1-5-13-23/h1-21,26,32,34-35,45H,22H2. The number of ketones is 2. The molecule has 0 spiro atoms. The molecule has 7 heteroatoms. The molecular formula is C38H28Cl4O3. The van der Waals surface area contributed by atoms with Crippen molar-refractivity contribution in [3.63, 3.8) is 0 Å². The van der Waals surface area contributed by atoms with Crippen LogP contribution in [0.15, 0.2) is 127 Å². The van der Waals surface area contributed by atoms with Gasteiger partial charge in [-0.15, -0.1) is 0 Å². The topological polar surface area (TPSA) is 54.4 Å². The Morgan fingerprint density at radius 1 is 0.556 bits per heavy atom. The number of halogens is 4. The Kier molecular flexibility index (Phi) is 9.19. The molecule has 3 nitrogen and oxygen atoms in total. The summed E-state index contributed by atoms with van der Waals surface area (Å²) < 4.78 is 0. The van der Waals surface area contributed by atoms with E-state index in [2.05, 4.69) is 0 Å². The van der Waals surface area contributed by atoms with Gasteiger partial charge in [0.05, 0.1) is 5.92 Å². The third-order valence-corrected chi connectivity index (χ3v) is 10.2. The van der Waals surface area contributed by atoms with Crippen molar-refractivity contribution in [2.24, 2.45) is 11.8 Å². The molecular weight excluding hydrogens is 646 g/mol. The average molecular weight is 674 g/mol. The minimum atomic E-state index is -1.79. The highest BCUT2D eigenvalue weighted by Crippen LogP contribution is 2.61. The number of rotatable bonds is 7. The molecule has 226 valence electrons. The summed E-state index contributed by atoms with van der Waals surface area (Å²) in [6.07, 6.45) is -0.0223. The number of Topliss-reactive ketones (excluding diaryl/α,β-unsaturated/α-hetero) is 2. The first-order chi connectivity index (χ1) is 21.7. The quantitative estimate of drug-likeness (QED) is 0.175. The van der Waals surface area contributed by atoms with Crippen molar-refractivity contribution >= 4 is 58.0 Å². The largest absolute Gasteiger partial charge is 0.384 e. The predicted octanol–water partition coefficient (Wildman–Crippen LogP) is 10.5. The normalized spacial score (nSPS) is 23.0. The van der Waals surface area contributed by atoms with Gasteiger partial charge in [-0.25, -0.2) is 0 Å². The second-order valence-corrected chi connectivity index (χ2v) is 13.0. The lowest BCUT2D eigenvalue weighted by Gasteiger charge is -2.52. The predicted molar refractivity (Wildman–Crippen MR) is 182 cm³/mol. The van der Waals surface area contributed by atoms with Gasteiger partial charge in [-0.1, -0.05) is 150 Å². The molecule has 0 aromatic heterocycles. The van der Waals surface area contributed by atoms with E-state index in [0.717, 1.165) is 0 Å². The van der Waals surface area contributed by atoms with Crippen LogP contribution < -0.4 is 0 Å². The maximum atomic E-state index is 14.9. The number of benzene rings is 5. The van der Waals surface area contributed by atoms with Crippen molar-refractivity contribution in [2.75, 3.05) is 0 Å². The third kappa shape index (κ3) is 5.85. The second-order valence-electron chi connectivity index (χ2n) is 11.4. The van der Waals surface area contributed by atoms with Gasteiger partial charge in [0, 0.05) is 49.0 Å². The van der Waals surface area contributed by atoms with Crippen LogP contribution in [0.5, 0.6) is 0 Å². The van der Waals surface area contributed by atoms with Gasteiger partial charge in [0.15, 0.2) is 11.6 Å². The number of aliphatic hydroxyl groups is 1. The fourth-order valence-corrected chi connectivity index (χ4v) is 8.32. The zero-order valence-corrected chi connectivity index (χ0v) is 26.9. The molecule has 1 N–H and O–H groups in total. The van der Waals surface area contributed by atoms with Crippen molar-refractivity contribution < 1.29 is 14.7 Å². The molecule has 0 bridgehead atoms. The molecule has 6 rings (SSSR count). The van der Waals surface area contributed by atoms with Crippen LogP contribution in [-0.2, 0) is 5.60 Å². The highest BCUT2D eigenvalue weighted by molar-refractivity contribution is 6.37. The Labute approximate surface area is 282 Å². The molecule has 5 aromatic rings. The minimum absolute atomic E-state index is 0.0223. The minimum Gasteiger partial charge on any atom is -0.384 e. The molecule has 0 heterocycles. The van der Waals surface area contributed by atoms with E-state index in [1.165, 1.54) is 0 Å². The molecule has 0 saturated heterocycles. The van der Waals surface area contributed by atoms with E-state index < -0.39 is 29.3 Å². The van der Waals surface area contributed by atoms with Crippen molar-refractivity contribution in [3.8, 4) is 0 Å². The van der Waals surface area contributed by atoms with Crippen molar-refractivity contribution in [1.29, 1.82) is 0 Å². The van der Waals surface area contributed by atoms with Crippen molar-refractivity contribution in [2.45, 2.75) is 23.9 Å². The lowest BCUT2D eigenvalue weighted by atomic mass is 9.52. The van der Waals surface area contributed by atoms with E-state index in [1.54, 1.807) is 97.1 Å². The first kappa shape index (κ1) is 31.5. The van der Waals surface area contributed by atoms with Crippen LogP contribution in [0.2, 0.25) is 20.1 Å². The SMILES string of the molecule is O=C(c1ccccc1)C1C(c2c(Cl)cccc2Cl)CC(O)(c2ccccc2)C(C(=O)c2ccccc2)C1c1c(Cl)cccc1Cl. The molecule has 1 aliphatic rings. The van der Waals surface area contributed by atoms with E-state index in [4.69, 9.17) is 46.4 Å². The Bertz CT molecular complexity index is 1810. The van der Waals surface area contributed by atoms with Gasteiger partial charge in [-0.3, -0.25) is 9.59 Å². The molecule has 5 unspecified atom stereocenters. The third-order valence-electron chi connectivity index (χ3n) is 8.90. The lowest BCUT2D eigenvalue weighted by Crippen LogP contribution is -2.53. The average Bonchev–Trinajstić information content (AvgIpc) is 3.05. The Balaban J connectivity index is 1.73. The van der Waals surface area contributed by atoms with Crippen LogP contribution in [0.1, 0.15) is 55.7 Å². The summed E-state index contributed by atoms with van der Waals surface area (Å²) in [7, 11) is 0. The summed E-state index contributed by atoms with van der Waals surface area (Å²) >= 11 is 27.6. The molecule has 1 fully saturated rings. The zero-order chi connectivity index (χ0) is 31.7. The Hall–Kier alpha value is -3.44. The summed E-state index contributed by atoms with van der Waals surface area (Å²) in [6.45, 7) is 0. The van der Waals surface area contributed by atoms with Gasteiger partial charge in [0.2, 0.25) is 0 Å². The molecule has 0 radical (unpaired) electrons. The monoisotopic (exact) mass is 672 g/mol. The van der Waals surface area contributed by atoms with E-state index in [-0.39, 0.29) is 28.0 Å². The zero-order valence-electron chi connectivity index (χ0n) is 23.9. The first-order valence-electron chi connectivity index (χ1n) is 14.6. The van der Waals surface area contributed by atoms with Gasteiger partial charge in [-0.05, 0) is 47.4 Å². The van der Waals surface area contributed by atoms with Crippen molar-refractivity contribution in [1.82, 2.24) is 0 Å². The second kappa shape index (κ2) is 13.1. The smallest absolute Gasteiger partial charge is 0.169 e. The Morgan fingerprint density at radius 3 is 1.47 bits per heavy atom. The fraction of sp³-hybridized carbons (Fsp3) is 0.158. The van der Waals surface area contributed by atoms with E-state index in [1.807, 2.05) is 30.3 Å². The van der Waals surface area contributed by atoms with Crippen LogP contribution >= 0.6 is 46.4 Å². The molecule has 0 aliphatic heterocycles. The van der Waals surface area contributed by atoms with Gasteiger partial charge >= 0.3 is 0 Å². The van der Waals surface area contributed by atoms with Gasteiger partial charge in [0.1, 0.15) is 5.60 Å². The van der Waals surface area contributed by atoms with E-state index in [9.17, 15) is 14.7 Å². The van der Waals surface area contributed by atoms with Crippen LogP contribution in [0.4, 0.5) is 0 Å². The van der Waals surface area contributed by atoms with Crippen LogP contribution in [0.25, 0.3) is 0 Å². The maximum Gasteiger partial charge on any atom is 0.169 e. The van der Waals surface area contributed by atoms with Gasteiger partial charge in [0.25, 0.3) is 0 Å². The molecule has 0 amide bonds. The summed E-state index contributed by atoms with van der Waals surface area (Å²) in [5.74, 6) is -4.40. The highest BCUT2D eigenvalue weighted by atomic mass is 35.5. The van der Waals surface area contributed by atoms with E-state index >= 15 is 0 Å². The van der Waals surface area contributed by atoms with Crippen molar-refractivity contribution in [3.05, 3.63) is 175 Å².